The van der Waals surface area contributed by atoms with Crippen molar-refractivity contribution in [1.29, 1.82) is 0 Å². The molecule has 0 spiro atoms. The second-order valence-corrected chi connectivity index (χ2v) is 3.97. The topological polar surface area (TPSA) is 55.6 Å². The highest BCUT2D eigenvalue weighted by Gasteiger charge is 2.04. The Bertz CT molecular complexity index is 411. The minimum Gasteiger partial charge on any atom is -0.349 e. The Morgan fingerprint density at radius 2 is 2.33 bits per heavy atom. The van der Waals surface area contributed by atoms with E-state index in [1.54, 1.807) is 17.2 Å². The first kappa shape index (κ1) is 10.1. The molecule has 0 aliphatic heterocycles. The van der Waals surface area contributed by atoms with Gasteiger partial charge in [0.05, 0.1) is 0 Å². The third-order valence-corrected chi connectivity index (χ3v) is 2.39. The highest BCUT2D eigenvalue weighted by atomic mass is 79.9. The van der Waals surface area contributed by atoms with Gasteiger partial charge < -0.3 is 5.32 Å². The molecule has 0 aromatic carbocycles. The third-order valence-electron chi connectivity index (χ3n) is 1.92. The average molecular weight is 268 g/mol. The van der Waals surface area contributed by atoms with Crippen LogP contribution in [0, 0.1) is 0 Å². The molecule has 6 heteroatoms. The Morgan fingerprint density at radius 1 is 1.47 bits per heavy atom. The highest BCUT2D eigenvalue weighted by Crippen LogP contribution is 2.13. The predicted octanol–water partition coefficient (Wildman–Crippen LogP) is 2.07. The van der Waals surface area contributed by atoms with E-state index < -0.39 is 0 Å². The number of pyridine rings is 1. The zero-order valence-electron chi connectivity index (χ0n) is 8.13. The molecule has 1 atom stereocenters. The standard InChI is InChI=1S/C9H10BrN5/c1-7(15-6-11-5-13-15)14-9-3-2-8(10)4-12-9/h2-7H,1H3,(H,12,14)/t7-/m1/s1. The first-order valence-corrected chi connectivity index (χ1v) is 5.27. The number of aromatic nitrogens is 4. The normalized spacial score (nSPS) is 12.4. The van der Waals surface area contributed by atoms with Crippen molar-refractivity contribution in [3.05, 3.63) is 35.5 Å². The maximum absolute atomic E-state index is 4.21. The molecule has 0 aliphatic rings. The molecule has 0 aliphatic carbocycles. The summed E-state index contributed by atoms with van der Waals surface area (Å²) in [5, 5.41) is 7.24. The molecule has 15 heavy (non-hydrogen) atoms. The fourth-order valence-corrected chi connectivity index (χ4v) is 1.39. The fourth-order valence-electron chi connectivity index (χ4n) is 1.16. The van der Waals surface area contributed by atoms with Crippen molar-refractivity contribution in [3.8, 4) is 0 Å². The minimum absolute atomic E-state index is 0.0289. The monoisotopic (exact) mass is 267 g/mol. The van der Waals surface area contributed by atoms with Crippen LogP contribution in [-0.4, -0.2) is 19.7 Å². The molecule has 5 nitrogen and oxygen atoms in total. The number of hydrogen-bond acceptors (Lipinski definition) is 4. The maximum atomic E-state index is 4.21. The molecule has 0 saturated carbocycles. The van der Waals surface area contributed by atoms with Crippen LogP contribution in [0.5, 0.6) is 0 Å². The zero-order chi connectivity index (χ0) is 10.7. The van der Waals surface area contributed by atoms with E-state index in [-0.39, 0.29) is 6.17 Å². The predicted molar refractivity (Wildman–Crippen MR) is 60.3 cm³/mol. The lowest BCUT2D eigenvalue weighted by molar-refractivity contribution is 0.542. The first-order valence-electron chi connectivity index (χ1n) is 4.48. The van der Waals surface area contributed by atoms with Crippen LogP contribution < -0.4 is 5.32 Å². The number of nitrogens with zero attached hydrogens (tertiary/aromatic N) is 4. The SMILES string of the molecule is C[C@H](Nc1ccc(Br)cn1)n1cncn1. The van der Waals surface area contributed by atoms with Gasteiger partial charge in [-0.05, 0) is 35.0 Å². The molecule has 0 bridgehead atoms. The number of nitrogens with one attached hydrogen (secondary N) is 1. The van der Waals surface area contributed by atoms with E-state index in [1.165, 1.54) is 6.33 Å². The molecule has 1 N–H and O–H groups in total. The van der Waals surface area contributed by atoms with Crippen LogP contribution in [0.2, 0.25) is 0 Å². The summed E-state index contributed by atoms with van der Waals surface area (Å²) in [7, 11) is 0. The Balaban J connectivity index is 2.06. The van der Waals surface area contributed by atoms with Crippen molar-refractivity contribution in [2.24, 2.45) is 0 Å². The molecule has 0 unspecified atom stereocenters. The number of rotatable bonds is 3. The van der Waals surface area contributed by atoms with Gasteiger partial charge in [-0.1, -0.05) is 0 Å². The first-order chi connectivity index (χ1) is 7.25. The van der Waals surface area contributed by atoms with Gasteiger partial charge in [-0.3, -0.25) is 0 Å². The summed E-state index contributed by atoms with van der Waals surface area (Å²) in [5.74, 6) is 0.807. The molecule has 2 aromatic rings. The number of hydrogen-bond donors (Lipinski definition) is 1. The summed E-state index contributed by atoms with van der Waals surface area (Å²) in [6, 6.07) is 3.83. The third kappa shape index (κ3) is 2.53. The molecule has 0 radical (unpaired) electrons. The van der Waals surface area contributed by atoms with Crippen LogP contribution in [0.25, 0.3) is 0 Å². The van der Waals surface area contributed by atoms with Crippen LogP contribution in [0.1, 0.15) is 13.1 Å². The minimum atomic E-state index is 0.0289. The molecule has 2 rings (SSSR count). The van der Waals surface area contributed by atoms with Gasteiger partial charge >= 0.3 is 0 Å². The van der Waals surface area contributed by atoms with Gasteiger partial charge in [0.25, 0.3) is 0 Å². The quantitative estimate of drug-likeness (QED) is 0.925. The molecular formula is C9H10BrN5. The largest absolute Gasteiger partial charge is 0.349 e. The Kier molecular flexibility index (Phi) is 2.96. The Hall–Kier alpha value is -1.43. The lowest BCUT2D eigenvalue weighted by atomic mass is 10.4. The molecule has 0 saturated heterocycles. The van der Waals surface area contributed by atoms with E-state index >= 15 is 0 Å². The van der Waals surface area contributed by atoms with Crippen LogP contribution in [0.15, 0.2) is 35.5 Å². The lowest BCUT2D eigenvalue weighted by Gasteiger charge is -2.13. The van der Waals surface area contributed by atoms with Gasteiger partial charge in [0, 0.05) is 10.7 Å². The summed E-state index contributed by atoms with van der Waals surface area (Å²) in [4.78, 5) is 8.09. The molecule has 2 aromatic heterocycles. The zero-order valence-corrected chi connectivity index (χ0v) is 9.72. The van der Waals surface area contributed by atoms with Gasteiger partial charge in [-0.15, -0.1) is 0 Å². The summed E-state index contributed by atoms with van der Waals surface area (Å²) in [5.41, 5.74) is 0. The van der Waals surface area contributed by atoms with E-state index in [2.05, 4.69) is 36.3 Å². The smallest absolute Gasteiger partial charge is 0.137 e. The van der Waals surface area contributed by atoms with E-state index in [0.29, 0.717) is 0 Å². The number of anilines is 1. The molecule has 78 valence electrons. The van der Waals surface area contributed by atoms with Crippen LogP contribution in [0.3, 0.4) is 0 Å². The van der Waals surface area contributed by atoms with Crippen molar-refractivity contribution < 1.29 is 0 Å². The average Bonchev–Trinajstić information content (AvgIpc) is 2.74. The van der Waals surface area contributed by atoms with Gasteiger partial charge in [-0.2, -0.15) is 5.10 Å². The van der Waals surface area contributed by atoms with E-state index in [1.807, 2.05) is 19.1 Å². The van der Waals surface area contributed by atoms with Crippen LogP contribution in [-0.2, 0) is 0 Å². The van der Waals surface area contributed by atoms with Gasteiger partial charge in [0.15, 0.2) is 0 Å². The Morgan fingerprint density at radius 3 is 2.93 bits per heavy atom. The van der Waals surface area contributed by atoms with Crippen molar-refractivity contribution in [1.82, 2.24) is 19.7 Å². The molecule has 0 fully saturated rings. The van der Waals surface area contributed by atoms with E-state index in [9.17, 15) is 0 Å². The van der Waals surface area contributed by atoms with Crippen LogP contribution in [0.4, 0.5) is 5.82 Å². The van der Waals surface area contributed by atoms with E-state index in [4.69, 9.17) is 0 Å². The lowest BCUT2D eigenvalue weighted by Crippen LogP contribution is -2.15. The molecule has 0 amide bonds. The Labute approximate surface area is 95.7 Å². The summed E-state index contributed by atoms with van der Waals surface area (Å²) in [6.45, 7) is 1.98. The second kappa shape index (κ2) is 4.39. The second-order valence-electron chi connectivity index (χ2n) is 3.06. The molecular weight excluding hydrogens is 258 g/mol. The fraction of sp³-hybridized carbons (Fsp3) is 0.222. The summed E-state index contributed by atoms with van der Waals surface area (Å²) < 4.78 is 2.69. The van der Waals surface area contributed by atoms with Gasteiger partial charge in [0.2, 0.25) is 0 Å². The van der Waals surface area contributed by atoms with Crippen molar-refractivity contribution >= 4 is 21.7 Å². The highest BCUT2D eigenvalue weighted by molar-refractivity contribution is 9.10. The summed E-state index contributed by atoms with van der Waals surface area (Å²) >= 11 is 3.33. The summed E-state index contributed by atoms with van der Waals surface area (Å²) in [6.07, 6.45) is 4.95. The maximum Gasteiger partial charge on any atom is 0.137 e. The van der Waals surface area contributed by atoms with Gasteiger partial charge in [-0.25, -0.2) is 14.6 Å². The van der Waals surface area contributed by atoms with Crippen molar-refractivity contribution in [2.75, 3.05) is 5.32 Å². The number of halogens is 1. The van der Waals surface area contributed by atoms with E-state index in [0.717, 1.165) is 10.3 Å². The van der Waals surface area contributed by atoms with Crippen molar-refractivity contribution in [2.45, 2.75) is 13.1 Å². The molecule has 2 heterocycles. The van der Waals surface area contributed by atoms with Crippen LogP contribution >= 0.6 is 15.9 Å². The van der Waals surface area contributed by atoms with Crippen molar-refractivity contribution in [3.63, 3.8) is 0 Å². The van der Waals surface area contributed by atoms with Gasteiger partial charge in [0.1, 0.15) is 24.6 Å².